The number of anilines is 1. The van der Waals surface area contributed by atoms with Gasteiger partial charge in [0, 0.05) is 5.69 Å². The highest BCUT2D eigenvalue weighted by Gasteiger charge is 2.36. The predicted molar refractivity (Wildman–Crippen MR) is 119 cm³/mol. The van der Waals surface area contributed by atoms with Crippen molar-refractivity contribution in [3.05, 3.63) is 51.9 Å². The highest BCUT2D eigenvalue weighted by Crippen LogP contribution is 2.35. The molecule has 33 heavy (non-hydrogen) atoms. The van der Waals surface area contributed by atoms with Crippen LogP contribution in [-0.2, 0) is 9.59 Å². The largest absolute Gasteiger partial charge is 0.495 e. The van der Waals surface area contributed by atoms with E-state index >= 15 is 0 Å². The van der Waals surface area contributed by atoms with E-state index in [0.29, 0.717) is 28.8 Å². The van der Waals surface area contributed by atoms with Gasteiger partial charge in [-0.3, -0.25) is 19.3 Å². The Hall–Kier alpha value is -3.31. The molecule has 1 fully saturated rings. The van der Waals surface area contributed by atoms with E-state index in [0.717, 1.165) is 4.90 Å². The molecule has 0 spiro atoms. The van der Waals surface area contributed by atoms with Gasteiger partial charge in [0.05, 0.1) is 24.1 Å². The molecule has 0 saturated carbocycles. The van der Waals surface area contributed by atoms with Gasteiger partial charge in [0.25, 0.3) is 11.1 Å². The fourth-order valence-electron chi connectivity index (χ4n) is 2.84. The number of nitrogens with one attached hydrogen (secondary N) is 1. The van der Waals surface area contributed by atoms with Crippen molar-refractivity contribution in [1.82, 2.24) is 4.90 Å². The number of alkyl halides is 2. The second kappa shape index (κ2) is 10.5. The number of imide groups is 1. The molecule has 1 aliphatic heterocycles. The first kappa shape index (κ1) is 24.3. The third kappa shape index (κ3) is 5.93. The molecule has 2 aromatic carbocycles. The predicted octanol–water partition coefficient (Wildman–Crippen LogP) is 4.63. The number of rotatable bonds is 8. The van der Waals surface area contributed by atoms with Gasteiger partial charge in [-0.05, 0) is 53.7 Å². The number of nitrogens with zero attached hydrogens (tertiary/aromatic N) is 1. The molecule has 0 unspecified atom stereocenters. The normalized spacial score (nSPS) is 14.7. The number of carbonyl (C=O) groups is 3. The zero-order valence-corrected chi connectivity index (χ0v) is 18.8. The van der Waals surface area contributed by atoms with Gasteiger partial charge in [-0.15, -0.1) is 0 Å². The quantitative estimate of drug-likeness (QED) is 0.530. The lowest BCUT2D eigenvalue weighted by molar-refractivity contribution is -0.127. The summed E-state index contributed by atoms with van der Waals surface area (Å²) in [6.45, 7) is -3.53. The van der Waals surface area contributed by atoms with Gasteiger partial charge in [-0.25, -0.2) is 0 Å². The van der Waals surface area contributed by atoms with Crippen LogP contribution >= 0.6 is 23.4 Å². The Labute approximate surface area is 196 Å². The molecule has 3 amide bonds. The van der Waals surface area contributed by atoms with Crippen molar-refractivity contribution in [2.45, 2.75) is 6.61 Å². The molecule has 3 rings (SSSR count). The number of hydrogen-bond acceptors (Lipinski definition) is 7. The summed E-state index contributed by atoms with van der Waals surface area (Å²) in [5, 5.41) is 2.21. The average molecular weight is 499 g/mol. The summed E-state index contributed by atoms with van der Waals surface area (Å²) >= 11 is 6.67. The summed E-state index contributed by atoms with van der Waals surface area (Å²) in [5.74, 6) is -0.986. The van der Waals surface area contributed by atoms with Crippen LogP contribution in [0, 0.1) is 0 Å². The Kier molecular flexibility index (Phi) is 7.77. The van der Waals surface area contributed by atoms with E-state index in [1.807, 2.05) is 0 Å². The van der Waals surface area contributed by atoms with Crippen LogP contribution in [0.15, 0.2) is 41.3 Å². The van der Waals surface area contributed by atoms with Crippen LogP contribution in [0.3, 0.4) is 0 Å². The van der Waals surface area contributed by atoms with Gasteiger partial charge in [0.1, 0.15) is 12.3 Å². The maximum Gasteiger partial charge on any atom is 0.387 e. The molecule has 0 aliphatic carbocycles. The third-order valence-corrected chi connectivity index (χ3v) is 5.52. The number of thioether (sulfide) groups is 1. The molecule has 8 nitrogen and oxygen atoms in total. The molecule has 0 atom stereocenters. The Morgan fingerprint density at radius 3 is 2.45 bits per heavy atom. The first-order chi connectivity index (χ1) is 15.7. The molecule has 0 bridgehead atoms. The third-order valence-electron chi connectivity index (χ3n) is 4.31. The van der Waals surface area contributed by atoms with Crippen molar-refractivity contribution in [3.8, 4) is 17.2 Å². The number of carbonyl (C=O) groups excluding carboxylic acids is 3. The van der Waals surface area contributed by atoms with E-state index in [4.69, 9.17) is 21.1 Å². The fourth-order valence-corrected chi connectivity index (χ4v) is 3.94. The molecule has 0 aromatic heterocycles. The van der Waals surface area contributed by atoms with Crippen LogP contribution in [0.2, 0.25) is 5.02 Å². The first-order valence-corrected chi connectivity index (χ1v) is 10.4. The molecular formula is C21H17ClF2N2O6S. The number of halogens is 3. The van der Waals surface area contributed by atoms with Crippen molar-refractivity contribution in [3.63, 3.8) is 0 Å². The van der Waals surface area contributed by atoms with Crippen LogP contribution in [-0.4, -0.2) is 49.3 Å². The minimum Gasteiger partial charge on any atom is -0.495 e. The molecule has 12 heteroatoms. The summed E-state index contributed by atoms with van der Waals surface area (Å²) in [4.78, 5) is 38.1. The van der Waals surface area contributed by atoms with Gasteiger partial charge >= 0.3 is 6.61 Å². The Morgan fingerprint density at radius 2 is 1.82 bits per heavy atom. The van der Waals surface area contributed by atoms with Crippen LogP contribution in [0.25, 0.3) is 6.08 Å². The Balaban J connectivity index is 1.70. The number of hydrogen-bond donors (Lipinski definition) is 1. The van der Waals surface area contributed by atoms with Crippen LogP contribution < -0.4 is 19.5 Å². The van der Waals surface area contributed by atoms with Crippen LogP contribution in [0.4, 0.5) is 19.3 Å². The van der Waals surface area contributed by atoms with Crippen molar-refractivity contribution in [2.75, 3.05) is 26.1 Å². The monoisotopic (exact) mass is 498 g/mol. The summed E-state index contributed by atoms with van der Waals surface area (Å²) in [7, 11) is 2.73. The van der Waals surface area contributed by atoms with Crippen LogP contribution in [0.1, 0.15) is 5.56 Å². The molecule has 174 valence electrons. The summed E-state index contributed by atoms with van der Waals surface area (Å²) in [5.41, 5.74) is 0.780. The van der Waals surface area contributed by atoms with E-state index in [9.17, 15) is 23.2 Å². The molecule has 1 aliphatic rings. The van der Waals surface area contributed by atoms with E-state index in [-0.39, 0.29) is 21.4 Å². The smallest absolute Gasteiger partial charge is 0.387 e. The van der Waals surface area contributed by atoms with E-state index in [1.54, 1.807) is 12.1 Å². The van der Waals surface area contributed by atoms with Crippen molar-refractivity contribution >= 4 is 52.2 Å². The first-order valence-electron chi connectivity index (χ1n) is 9.23. The topological polar surface area (TPSA) is 94.2 Å². The zero-order chi connectivity index (χ0) is 24.1. The minimum atomic E-state index is -3.03. The number of benzene rings is 2. The second-order valence-electron chi connectivity index (χ2n) is 6.45. The second-order valence-corrected chi connectivity index (χ2v) is 7.85. The zero-order valence-electron chi connectivity index (χ0n) is 17.3. The SMILES string of the molecule is COc1ccc(NC(=O)CN2C(=O)S/C(=C\c3ccc(OC(F)F)c(OC)c3)C2=O)cc1Cl. The molecule has 1 heterocycles. The number of methoxy groups -OCH3 is 2. The lowest BCUT2D eigenvalue weighted by Gasteiger charge is -2.13. The van der Waals surface area contributed by atoms with Gasteiger partial charge in [0.2, 0.25) is 5.91 Å². The van der Waals surface area contributed by atoms with E-state index in [1.165, 1.54) is 44.6 Å². The molecule has 1 saturated heterocycles. The van der Waals surface area contributed by atoms with Gasteiger partial charge < -0.3 is 19.5 Å². The van der Waals surface area contributed by atoms with Crippen molar-refractivity contribution in [2.24, 2.45) is 0 Å². The average Bonchev–Trinajstić information content (AvgIpc) is 3.01. The Morgan fingerprint density at radius 1 is 1.12 bits per heavy atom. The highest BCUT2D eigenvalue weighted by atomic mass is 35.5. The van der Waals surface area contributed by atoms with Crippen molar-refractivity contribution < 1.29 is 37.4 Å². The van der Waals surface area contributed by atoms with Gasteiger partial charge in [-0.1, -0.05) is 17.7 Å². The minimum absolute atomic E-state index is 0.0285. The summed E-state index contributed by atoms with van der Waals surface area (Å²) in [6.07, 6.45) is 1.39. The van der Waals surface area contributed by atoms with Gasteiger partial charge in [-0.2, -0.15) is 8.78 Å². The maximum atomic E-state index is 12.7. The number of amides is 3. The summed E-state index contributed by atoms with van der Waals surface area (Å²) in [6, 6.07) is 8.66. The molecule has 1 N–H and O–H groups in total. The maximum absolute atomic E-state index is 12.7. The molecule has 2 aromatic rings. The lowest BCUT2D eigenvalue weighted by atomic mass is 10.2. The lowest BCUT2D eigenvalue weighted by Crippen LogP contribution is -2.36. The van der Waals surface area contributed by atoms with E-state index in [2.05, 4.69) is 10.1 Å². The Bertz CT molecular complexity index is 1130. The molecular weight excluding hydrogens is 482 g/mol. The van der Waals surface area contributed by atoms with Crippen molar-refractivity contribution in [1.29, 1.82) is 0 Å². The molecule has 0 radical (unpaired) electrons. The summed E-state index contributed by atoms with van der Waals surface area (Å²) < 4.78 is 39.4. The van der Waals surface area contributed by atoms with Gasteiger partial charge in [0.15, 0.2) is 11.5 Å². The number of ether oxygens (including phenoxy) is 3. The van der Waals surface area contributed by atoms with E-state index < -0.39 is 30.2 Å². The fraction of sp³-hybridized carbons (Fsp3) is 0.190. The highest BCUT2D eigenvalue weighted by molar-refractivity contribution is 8.18. The standard InChI is InChI=1S/C21H17ClF2N2O6S/c1-30-14-6-4-12(9-13(14)22)25-18(27)10-26-19(28)17(33-21(26)29)8-11-3-5-15(32-20(23)24)16(7-11)31-2/h3-9,20H,10H2,1-2H3,(H,25,27)/b17-8-. The van der Waals surface area contributed by atoms with Crippen LogP contribution in [0.5, 0.6) is 17.2 Å².